The monoisotopic (exact) mass is 342 g/mol. The van der Waals surface area contributed by atoms with Crippen LogP contribution in [0.3, 0.4) is 0 Å². The van der Waals surface area contributed by atoms with Crippen LogP contribution in [-0.2, 0) is 0 Å². The number of fused-ring (bicyclic) bond motifs is 1. The Morgan fingerprint density at radius 1 is 0.955 bits per heavy atom. The average molecular weight is 343 g/mol. The summed E-state index contributed by atoms with van der Waals surface area (Å²) < 4.78 is 0. The molecular weight excluding hydrogens is 319 g/mol. The maximum Gasteiger partial charge on any atom is 0.137 e. The molecule has 6 heteroatoms. The molecule has 0 radical (unpaired) electrons. The fourth-order valence-corrected chi connectivity index (χ4v) is 2.98. The molecule has 0 atom stereocenters. The largest absolute Gasteiger partial charge is 0.399 e. The lowest BCUT2D eigenvalue weighted by Crippen LogP contribution is -2.21. The van der Waals surface area contributed by atoms with E-state index >= 15 is 0 Å². The number of nitrogen functional groups attached to an aromatic ring is 1. The molecule has 1 heterocycles. The van der Waals surface area contributed by atoms with Crippen LogP contribution in [0.2, 0.25) is 0 Å². The number of anilines is 2. The van der Waals surface area contributed by atoms with Gasteiger partial charge in [0.15, 0.2) is 0 Å². The molecule has 0 aliphatic heterocycles. The average Bonchev–Trinajstić information content (AvgIpc) is 2.42. The molecule has 122 valence electrons. The molecule has 0 spiro atoms. The van der Waals surface area contributed by atoms with Crippen molar-refractivity contribution < 1.29 is 0 Å². The Bertz CT molecular complexity index is 583. The van der Waals surface area contributed by atoms with Crippen molar-refractivity contribution in [2.75, 3.05) is 11.1 Å². The van der Waals surface area contributed by atoms with Gasteiger partial charge in [0, 0.05) is 17.1 Å². The van der Waals surface area contributed by atoms with Crippen molar-refractivity contribution in [3.05, 3.63) is 24.5 Å². The van der Waals surface area contributed by atoms with Crippen LogP contribution in [0.4, 0.5) is 11.5 Å². The molecule has 0 bridgehead atoms. The summed E-state index contributed by atoms with van der Waals surface area (Å²) >= 11 is 0. The zero-order valence-corrected chi connectivity index (χ0v) is 14.3. The molecule has 1 aromatic carbocycles. The van der Waals surface area contributed by atoms with E-state index in [1.807, 2.05) is 18.2 Å². The van der Waals surface area contributed by atoms with Gasteiger partial charge in [-0.2, -0.15) is 0 Å². The zero-order chi connectivity index (χ0) is 13.8. The van der Waals surface area contributed by atoms with Gasteiger partial charge >= 0.3 is 0 Å². The van der Waals surface area contributed by atoms with Gasteiger partial charge in [0.25, 0.3) is 0 Å². The number of halogens is 2. The summed E-state index contributed by atoms with van der Waals surface area (Å²) in [6, 6.07) is 6.32. The molecule has 4 nitrogen and oxygen atoms in total. The van der Waals surface area contributed by atoms with Gasteiger partial charge in [-0.15, -0.1) is 24.8 Å². The van der Waals surface area contributed by atoms with Gasteiger partial charge in [0.05, 0.1) is 5.52 Å². The molecule has 1 saturated carbocycles. The van der Waals surface area contributed by atoms with E-state index in [1.54, 1.807) is 6.33 Å². The number of nitrogens with zero attached hydrogens (tertiary/aromatic N) is 2. The van der Waals surface area contributed by atoms with E-state index in [0.717, 1.165) is 22.4 Å². The Morgan fingerprint density at radius 3 is 2.36 bits per heavy atom. The van der Waals surface area contributed by atoms with Gasteiger partial charge in [-0.05, 0) is 31.0 Å². The molecule has 0 saturated heterocycles. The van der Waals surface area contributed by atoms with E-state index < -0.39 is 0 Å². The van der Waals surface area contributed by atoms with Gasteiger partial charge in [0.1, 0.15) is 12.1 Å². The van der Waals surface area contributed by atoms with Gasteiger partial charge in [-0.1, -0.05) is 32.1 Å². The minimum atomic E-state index is 0. The molecule has 22 heavy (non-hydrogen) atoms. The summed E-state index contributed by atoms with van der Waals surface area (Å²) in [5, 5.41) is 4.63. The lowest BCUT2D eigenvalue weighted by molar-refractivity contribution is 0.471. The van der Waals surface area contributed by atoms with Crippen molar-refractivity contribution in [1.29, 1.82) is 0 Å². The van der Waals surface area contributed by atoms with Crippen molar-refractivity contribution >= 4 is 47.2 Å². The second-order valence-corrected chi connectivity index (χ2v) is 5.69. The van der Waals surface area contributed by atoms with Crippen LogP contribution in [0.1, 0.15) is 44.9 Å². The number of nitrogens with two attached hydrogens (primary N) is 1. The summed E-state index contributed by atoms with van der Waals surface area (Å²) in [4.78, 5) is 8.72. The Morgan fingerprint density at radius 2 is 1.64 bits per heavy atom. The van der Waals surface area contributed by atoms with E-state index in [0.29, 0.717) is 6.04 Å². The van der Waals surface area contributed by atoms with E-state index in [9.17, 15) is 0 Å². The second-order valence-electron chi connectivity index (χ2n) is 5.69. The smallest absolute Gasteiger partial charge is 0.137 e. The molecule has 1 aliphatic carbocycles. The van der Waals surface area contributed by atoms with Crippen LogP contribution in [0, 0.1) is 0 Å². The van der Waals surface area contributed by atoms with Gasteiger partial charge in [-0.25, -0.2) is 9.97 Å². The maximum absolute atomic E-state index is 5.89. The first-order valence-electron chi connectivity index (χ1n) is 7.60. The normalized spacial score (nSPS) is 16.0. The summed E-state index contributed by atoms with van der Waals surface area (Å²) in [7, 11) is 0. The van der Waals surface area contributed by atoms with Crippen LogP contribution in [-0.4, -0.2) is 16.0 Å². The van der Waals surface area contributed by atoms with Crippen molar-refractivity contribution in [2.45, 2.75) is 51.0 Å². The second kappa shape index (κ2) is 9.01. The number of aromatic nitrogens is 2. The lowest BCUT2D eigenvalue weighted by Gasteiger charge is -2.22. The number of rotatable bonds is 2. The summed E-state index contributed by atoms with van der Waals surface area (Å²) in [5.41, 5.74) is 7.59. The fourth-order valence-electron chi connectivity index (χ4n) is 2.98. The summed E-state index contributed by atoms with van der Waals surface area (Å²) in [6.07, 6.45) is 10.8. The van der Waals surface area contributed by atoms with Crippen LogP contribution >= 0.6 is 24.8 Å². The Kier molecular flexibility index (Phi) is 7.69. The Labute approximate surface area is 144 Å². The molecular formula is C16H24Cl2N4. The van der Waals surface area contributed by atoms with Gasteiger partial charge in [0.2, 0.25) is 0 Å². The third-order valence-electron chi connectivity index (χ3n) is 4.11. The van der Waals surface area contributed by atoms with E-state index in [1.165, 1.54) is 44.9 Å². The van der Waals surface area contributed by atoms with Crippen molar-refractivity contribution in [3.8, 4) is 0 Å². The van der Waals surface area contributed by atoms with Crippen LogP contribution in [0.25, 0.3) is 10.9 Å². The highest BCUT2D eigenvalue weighted by Gasteiger charge is 2.13. The minimum absolute atomic E-state index is 0. The molecule has 0 amide bonds. The number of nitrogens with one attached hydrogen (secondary N) is 1. The van der Waals surface area contributed by atoms with Gasteiger partial charge in [-0.3, -0.25) is 0 Å². The number of hydrogen-bond donors (Lipinski definition) is 2. The third kappa shape index (κ3) is 4.62. The van der Waals surface area contributed by atoms with E-state index in [-0.39, 0.29) is 24.8 Å². The molecule has 0 unspecified atom stereocenters. The molecule has 1 aliphatic rings. The first-order chi connectivity index (χ1) is 9.83. The Hall–Kier alpha value is -1.26. The molecule has 1 aromatic heterocycles. The highest BCUT2D eigenvalue weighted by atomic mass is 35.5. The predicted octanol–water partition coefficient (Wildman–Crippen LogP) is 4.58. The minimum Gasteiger partial charge on any atom is -0.399 e. The summed E-state index contributed by atoms with van der Waals surface area (Å²) in [5.74, 6) is 0.924. The predicted molar refractivity (Wildman–Crippen MR) is 98.2 cm³/mol. The fraction of sp³-hybridized carbons (Fsp3) is 0.500. The molecule has 2 aromatic rings. The molecule has 3 rings (SSSR count). The number of hydrogen-bond acceptors (Lipinski definition) is 4. The topological polar surface area (TPSA) is 63.8 Å². The maximum atomic E-state index is 5.89. The first kappa shape index (κ1) is 18.8. The van der Waals surface area contributed by atoms with Crippen LogP contribution in [0.5, 0.6) is 0 Å². The van der Waals surface area contributed by atoms with Crippen molar-refractivity contribution in [3.63, 3.8) is 0 Å². The molecule has 3 N–H and O–H groups in total. The van der Waals surface area contributed by atoms with E-state index in [2.05, 4.69) is 15.3 Å². The standard InChI is InChI=1S/C16H22N4.2ClH/c17-12-8-9-15-14(10-12)16(19-11-18-15)20-13-6-4-2-1-3-5-7-13;;/h8-11,13H,1-7,17H2,(H,18,19,20);2*1H. The van der Waals surface area contributed by atoms with Crippen molar-refractivity contribution in [2.24, 2.45) is 0 Å². The SMILES string of the molecule is Cl.Cl.Nc1ccc2ncnc(NC3CCCCCCC3)c2c1. The summed E-state index contributed by atoms with van der Waals surface area (Å²) in [6.45, 7) is 0. The quantitative estimate of drug-likeness (QED) is 0.784. The number of benzene rings is 1. The zero-order valence-electron chi connectivity index (χ0n) is 12.6. The van der Waals surface area contributed by atoms with Crippen LogP contribution in [0.15, 0.2) is 24.5 Å². The lowest BCUT2D eigenvalue weighted by atomic mass is 9.96. The van der Waals surface area contributed by atoms with Gasteiger partial charge < -0.3 is 11.1 Å². The molecule has 1 fully saturated rings. The third-order valence-corrected chi connectivity index (χ3v) is 4.11. The first-order valence-corrected chi connectivity index (χ1v) is 7.60. The highest BCUT2D eigenvalue weighted by molar-refractivity contribution is 5.91. The van der Waals surface area contributed by atoms with Crippen LogP contribution < -0.4 is 11.1 Å². The van der Waals surface area contributed by atoms with E-state index in [4.69, 9.17) is 5.73 Å². The Balaban J connectivity index is 0.00000121. The van der Waals surface area contributed by atoms with Crippen molar-refractivity contribution in [1.82, 2.24) is 9.97 Å². The highest BCUT2D eigenvalue weighted by Crippen LogP contribution is 2.25.